The van der Waals surface area contributed by atoms with Crippen LogP contribution in [0.4, 0.5) is 11.4 Å². The van der Waals surface area contributed by atoms with Crippen molar-refractivity contribution in [1.29, 1.82) is 0 Å². The average Bonchev–Trinajstić information content (AvgIpc) is 3.13. The Hall–Kier alpha value is -3.40. The van der Waals surface area contributed by atoms with Gasteiger partial charge in [-0.3, -0.25) is 19.8 Å². The predicted molar refractivity (Wildman–Crippen MR) is 142 cm³/mol. The zero-order valence-electron chi connectivity index (χ0n) is 18.3. The standard InChI is InChI=1S/C25H19ClN2O5S2/c26-18-7-10-21(11-8-18)32-13-4-14-33-22-12-9-20(28(30)31)15-17(22)16-23-24(29)27(25(34)35-23)19-5-2-1-3-6-19/h1-3,5-12,15-16H,4,13-14H2/b23-16-. The Bertz CT molecular complexity index is 1280. The summed E-state index contributed by atoms with van der Waals surface area (Å²) in [5, 5.41) is 12.0. The maximum absolute atomic E-state index is 13.1. The van der Waals surface area contributed by atoms with Crippen molar-refractivity contribution in [1.82, 2.24) is 0 Å². The molecule has 178 valence electrons. The average molecular weight is 527 g/mol. The van der Waals surface area contributed by atoms with Crippen LogP contribution in [0.2, 0.25) is 5.02 Å². The van der Waals surface area contributed by atoms with Gasteiger partial charge < -0.3 is 9.47 Å². The van der Waals surface area contributed by atoms with Gasteiger partial charge in [-0.2, -0.15) is 0 Å². The van der Waals surface area contributed by atoms with Crippen LogP contribution in [0.5, 0.6) is 11.5 Å². The topological polar surface area (TPSA) is 81.9 Å². The summed E-state index contributed by atoms with van der Waals surface area (Å²) < 4.78 is 11.9. The molecule has 4 rings (SSSR count). The van der Waals surface area contributed by atoms with Crippen LogP contribution in [0.3, 0.4) is 0 Å². The van der Waals surface area contributed by atoms with Gasteiger partial charge in [-0.15, -0.1) is 0 Å². The molecule has 1 heterocycles. The highest BCUT2D eigenvalue weighted by molar-refractivity contribution is 8.27. The number of nitro benzene ring substituents is 1. The first-order valence-corrected chi connectivity index (χ1v) is 12.2. The number of ether oxygens (including phenoxy) is 2. The molecule has 3 aromatic carbocycles. The lowest BCUT2D eigenvalue weighted by Crippen LogP contribution is -2.27. The molecule has 1 amide bonds. The van der Waals surface area contributed by atoms with Gasteiger partial charge >= 0.3 is 0 Å². The third-order valence-corrected chi connectivity index (χ3v) is 6.48. The zero-order valence-corrected chi connectivity index (χ0v) is 20.6. The van der Waals surface area contributed by atoms with E-state index in [1.807, 2.05) is 18.2 Å². The van der Waals surface area contributed by atoms with Crippen molar-refractivity contribution < 1.29 is 19.2 Å². The quantitative estimate of drug-likeness (QED) is 0.103. The Morgan fingerprint density at radius 3 is 2.46 bits per heavy atom. The molecule has 0 saturated carbocycles. The summed E-state index contributed by atoms with van der Waals surface area (Å²) in [6.07, 6.45) is 2.16. The van der Waals surface area contributed by atoms with Crippen molar-refractivity contribution in [2.24, 2.45) is 0 Å². The van der Waals surface area contributed by atoms with Gasteiger partial charge in [0, 0.05) is 29.1 Å². The second kappa shape index (κ2) is 11.4. The van der Waals surface area contributed by atoms with E-state index in [9.17, 15) is 14.9 Å². The van der Waals surface area contributed by atoms with Gasteiger partial charge in [0.25, 0.3) is 11.6 Å². The summed E-state index contributed by atoms with van der Waals surface area (Å²) in [5.41, 5.74) is 0.981. The van der Waals surface area contributed by atoms with Crippen molar-refractivity contribution in [2.45, 2.75) is 6.42 Å². The Labute approximate surface area is 216 Å². The summed E-state index contributed by atoms with van der Waals surface area (Å²) in [5.74, 6) is 0.831. The molecule has 0 atom stereocenters. The molecule has 10 heteroatoms. The molecule has 0 spiro atoms. The summed E-state index contributed by atoms with van der Waals surface area (Å²) in [7, 11) is 0. The number of thioether (sulfide) groups is 1. The van der Waals surface area contributed by atoms with E-state index in [0.717, 1.165) is 11.8 Å². The number of carbonyl (C=O) groups is 1. The van der Waals surface area contributed by atoms with Crippen molar-refractivity contribution in [3.05, 3.63) is 98.4 Å². The van der Waals surface area contributed by atoms with E-state index in [1.54, 1.807) is 42.5 Å². The zero-order chi connectivity index (χ0) is 24.8. The van der Waals surface area contributed by atoms with Crippen LogP contribution >= 0.6 is 35.6 Å². The van der Waals surface area contributed by atoms with E-state index < -0.39 is 4.92 Å². The number of nitro groups is 1. The summed E-state index contributed by atoms with van der Waals surface area (Å²) in [4.78, 5) is 25.7. The second-order valence-corrected chi connectivity index (χ2v) is 9.45. The third-order valence-electron chi connectivity index (χ3n) is 4.93. The van der Waals surface area contributed by atoms with E-state index >= 15 is 0 Å². The molecule has 1 aliphatic heterocycles. The van der Waals surface area contributed by atoms with Gasteiger partial charge in [0.1, 0.15) is 11.5 Å². The predicted octanol–water partition coefficient (Wildman–Crippen LogP) is 6.50. The number of para-hydroxylation sites is 1. The highest BCUT2D eigenvalue weighted by Crippen LogP contribution is 2.37. The largest absolute Gasteiger partial charge is 0.493 e. The number of anilines is 1. The number of thiocarbonyl (C=S) groups is 1. The molecule has 35 heavy (non-hydrogen) atoms. The molecule has 7 nitrogen and oxygen atoms in total. The first-order chi connectivity index (χ1) is 16.9. The fourth-order valence-corrected chi connectivity index (χ4v) is 4.68. The van der Waals surface area contributed by atoms with Crippen LogP contribution < -0.4 is 14.4 Å². The molecule has 0 N–H and O–H groups in total. The number of hydrogen-bond donors (Lipinski definition) is 0. The number of carbonyl (C=O) groups excluding carboxylic acids is 1. The SMILES string of the molecule is O=C1/C(=C/c2cc([N+](=O)[O-])ccc2OCCCOc2ccc(Cl)cc2)SC(=S)N1c1ccccc1. The summed E-state index contributed by atoms with van der Waals surface area (Å²) >= 11 is 12.4. The van der Waals surface area contributed by atoms with E-state index in [-0.39, 0.29) is 11.6 Å². The normalized spacial score (nSPS) is 14.4. The van der Waals surface area contributed by atoms with Crippen molar-refractivity contribution >= 4 is 63.3 Å². The number of benzene rings is 3. The van der Waals surface area contributed by atoms with Crippen molar-refractivity contribution in [3.8, 4) is 11.5 Å². The minimum Gasteiger partial charge on any atom is -0.493 e. The van der Waals surface area contributed by atoms with Crippen LogP contribution in [-0.2, 0) is 4.79 Å². The molecule has 0 aromatic heterocycles. The highest BCUT2D eigenvalue weighted by atomic mass is 35.5. The maximum Gasteiger partial charge on any atom is 0.270 e. The lowest BCUT2D eigenvalue weighted by molar-refractivity contribution is -0.384. The Morgan fingerprint density at radius 1 is 1.03 bits per heavy atom. The van der Waals surface area contributed by atoms with Crippen LogP contribution in [-0.4, -0.2) is 28.4 Å². The van der Waals surface area contributed by atoms with Crippen molar-refractivity contribution in [2.75, 3.05) is 18.1 Å². The second-order valence-electron chi connectivity index (χ2n) is 7.34. The molecule has 0 bridgehead atoms. The Balaban J connectivity index is 1.47. The van der Waals surface area contributed by atoms with Gasteiger partial charge in [-0.05, 0) is 48.5 Å². The minimum atomic E-state index is -0.490. The Kier molecular flexibility index (Phi) is 8.02. The van der Waals surface area contributed by atoms with Crippen LogP contribution in [0.15, 0.2) is 77.7 Å². The third kappa shape index (κ3) is 6.19. The van der Waals surface area contributed by atoms with Gasteiger partial charge in [0.2, 0.25) is 0 Å². The lowest BCUT2D eigenvalue weighted by atomic mass is 10.1. The molecule has 1 fully saturated rings. The molecule has 3 aromatic rings. The maximum atomic E-state index is 13.1. The molecular formula is C25H19ClN2O5S2. The number of hydrogen-bond acceptors (Lipinski definition) is 7. The minimum absolute atomic E-state index is 0.104. The number of halogens is 1. The van der Waals surface area contributed by atoms with E-state index in [0.29, 0.717) is 56.6 Å². The van der Waals surface area contributed by atoms with Gasteiger partial charge in [0.15, 0.2) is 4.32 Å². The van der Waals surface area contributed by atoms with Crippen LogP contribution in [0.1, 0.15) is 12.0 Å². The van der Waals surface area contributed by atoms with Gasteiger partial charge in [-0.25, -0.2) is 0 Å². The van der Waals surface area contributed by atoms with Crippen LogP contribution in [0, 0.1) is 10.1 Å². The fraction of sp³-hybridized carbons (Fsp3) is 0.120. The molecule has 0 radical (unpaired) electrons. The van der Waals surface area contributed by atoms with Crippen LogP contribution in [0.25, 0.3) is 6.08 Å². The molecular weight excluding hydrogens is 508 g/mol. The summed E-state index contributed by atoms with van der Waals surface area (Å²) in [6.45, 7) is 0.733. The number of nitrogens with zero attached hydrogens (tertiary/aromatic N) is 2. The number of non-ortho nitro benzene ring substituents is 1. The van der Waals surface area contributed by atoms with E-state index in [2.05, 4.69) is 0 Å². The smallest absolute Gasteiger partial charge is 0.270 e. The lowest BCUT2D eigenvalue weighted by Gasteiger charge is -2.14. The number of rotatable bonds is 9. The Morgan fingerprint density at radius 2 is 1.74 bits per heavy atom. The summed E-state index contributed by atoms with van der Waals surface area (Å²) in [6, 6.07) is 20.4. The monoisotopic (exact) mass is 526 g/mol. The highest BCUT2D eigenvalue weighted by Gasteiger charge is 2.33. The van der Waals surface area contributed by atoms with Crippen molar-refractivity contribution in [3.63, 3.8) is 0 Å². The molecule has 1 aliphatic rings. The number of amides is 1. The molecule has 0 unspecified atom stereocenters. The van der Waals surface area contributed by atoms with Gasteiger partial charge in [-0.1, -0.05) is 53.8 Å². The van der Waals surface area contributed by atoms with Gasteiger partial charge in [0.05, 0.1) is 28.7 Å². The molecule has 0 aliphatic carbocycles. The van der Waals surface area contributed by atoms with E-state index in [1.165, 1.54) is 23.1 Å². The first-order valence-electron chi connectivity index (χ1n) is 10.5. The molecule has 1 saturated heterocycles. The fourth-order valence-electron chi connectivity index (χ4n) is 3.26. The van der Waals surface area contributed by atoms with E-state index in [4.69, 9.17) is 33.3 Å². The first kappa shape index (κ1) is 24.7.